The number of aromatic nitrogens is 2. The minimum absolute atomic E-state index is 0.120. The average Bonchev–Trinajstić information content (AvgIpc) is 3.27. The molecule has 1 amide bonds. The van der Waals surface area contributed by atoms with Crippen molar-refractivity contribution in [2.24, 2.45) is 11.5 Å². The molecule has 0 aliphatic carbocycles. The number of carbonyl (C=O) groups is 1. The van der Waals surface area contributed by atoms with Gasteiger partial charge in [-0.25, -0.2) is 4.98 Å². The Balaban J connectivity index is 1.75. The van der Waals surface area contributed by atoms with Crippen molar-refractivity contribution >= 4 is 28.8 Å². The lowest BCUT2D eigenvalue weighted by Crippen LogP contribution is -2.33. The van der Waals surface area contributed by atoms with E-state index in [2.05, 4.69) is 15.3 Å². The lowest BCUT2D eigenvalue weighted by molar-refractivity contribution is 0.0933. The zero-order valence-electron chi connectivity index (χ0n) is 13.7. The van der Waals surface area contributed by atoms with E-state index in [-0.39, 0.29) is 24.9 Å². The second-order valence-electron chi connectivity index (χ2n) is 5.56. The lowest BCUT2D eigenvalue weighted by Gasteiger charge is -2.13. The normalized spacial score (nSPS) is 12.1. The first-order valence-corrected chi connectivity index (χ1v) is 9.05. The predicted molar refractivity (Wildman–Crippen MR) is 102 cm³/mol. The van der Waals surface area contributed by atoms with Gasteiger partial charge in [-0.05, 0) is 29.8 Å². The molecule has 0 radical (unpaired) electrons. The number of hydrogen-bond donors (Lipinski definition) is 5. The molecule has 7 N–H and O–H groups in total. The van der Waals surface area contributed by atoms with Gasteiger partial charge < -0.3 is 26.9 Å². The molecule has 9 heteroatoms. The van der Waals surface area contributed by atoms with Crippen molar-refractivity contribution in [2.45, 2.75) is 12.6 Å². The maximum Gasteiger partial charge on any atom is 0.268 e. The van der Waals surface area contributed by atoms with Crippen LogP contribution in [0.2, 0.25) is 5.02 Å². The Morgan fingerprint density at radius 1 is 1.27 bits per heavy atom. The fraction of sp³-hybridized carbons (Fsp3) is 0.176. The first-order chi connectivity index (χ1) is 12.5. The summed E-state index contributed by atoms with van der Waals surface area (Å²) in [6, 6.07) is 10.3. The van der Waals surface area contributed by atoms with Gasteiger partial charge >= 0.3 is 0 Å². The molecule has 1 aromatic carbocycles. The standard InChI is InChI=1S/C17H18ClN5O2S/c18-10-3-1-9(2-4-10)11-5-6-12(21-11)15(24)22-13(7-19)17-23-16(25)14(8-20)26-17/h1-6,13,21,25H,7-8,19-20H2,(H,22,24). The van der Waals surface area contributed by atoms with Crippen LogP contribution >= 0.6 is 22.9 Å². The summed E-state index contributed by atoms with van der Waals surface area (Å²) in [5.74, 6) is -0.435. The number of thiazole rings is 1. The molecule has 1 atom stereocenters. The van der Waals surface area contributed by atoms with Gasteiger partial charge in [-0.1, -0.05) is 23.7 Å². The van der Waals surface area contributed by atoms with Gasteiger partial charge in [0.2, 0.25) is 5.88 Å². The Kier molecular flexibility index (Phi) is 5.58. The topological polar surface area (TPSA) is 130 Å². The van der Waals surface area contributed by atoms with Crippen LogP contribution in [0.25, 0.3) is 11.3 Å². The summed E-state index contributed by atoms with van der Waals surface area (Å²) in [5.41, 5.74) is 13.4. The molecule has 136 valence electrons. The van der Waals surface area contributed by atoms with Crippen LogP contribution in [0.5, 0.6) is 5.88 Å². The average molecular weight is 392 g/mol. The van der Waals surface area contributed by atoms with Crippen LogP contribution in [0.1, 0.15) is 26.4 Å². The van der Waals surface area contributed by atoms with E-state index in [4.69, 9.17) is 23.1 Å². The van der Waals surface area contributed by atoms with Gasteiger partial charge in [0.1, 0.15) is 10.7 Å². The van der Waals surface area contributed by atoms with E-state index in [1.807, 2.05) is 18.2 Å². The van der Waals surface area contributed by atoms with E-state index >= 15 is 0 Å². The van der Waals surface area contributed by atoms with E-state index in [1.54, 1.807) is 18.2 Å². The number of aromatic amines is 1. The Hall–Kier alpha value is -2.39. The van der Waals surface area contributed by atoms with Crippen molar-refractivity contribution in [2.75, 3.05) is 6.54 Å². The van der Waals surface area contributed by atoms with Crippen molar-refractivity contribution in [3.63, 3.8) is 0 Å². The maximum atomic E-state index is 12.5. The number of hydrogen-bond acceptors (Lipinski definition) is 6. The predicted octanol–water partition coefficient (Wildman–Crippen LogP) is 2.39. The highest BCUT2D eigenvalue weighted by Gasteiger charge is 2.21. The molecule has 0 saturated carbocycles. The summed E-state index contributed by atoms with van der Waals surface area (Å²) in [5, 5.41) is 13.7. The molecule has 0 bridgehead atoms. The number of rotatable bonds is 6. The summed E-state index contributed by atoms with van der Waals surface area (Å²) in [6.45, 7) is 0.323. The van der Waals surface area contributed by atoms with Crippen LogP contribution in [0.3, 0.4) is 0 Å². The van der Waals surface area contributed by atoms with Crippen molar-refractivity contribution in [3.05, 3.63) is 57.0 Å². The third-order valence-electron chi connectivity index (χ3n) is 3.80. The largest absolute Gasteiger partial charge is 0.492 e. The van der Waals surface area contributed by atoms with Crippen molar-refractivity contribution in [1.82, 2.24) is 15.3 Å². The van der Waals surface area contributed by atoms with E-state index in [9.17, 15) is 9.90 Å². The molecular formula is C17H18ClN5O2S. The highest BCUT2D eigenvalue weighted by molar-refractivity contribution is 7.12. The molecule has 7 nitrogen and oxygen atoms in total. The molecule has 3 aromatic rings. The van der Waals surface area contributed by atoms with Gasteiger partial charge in [-0.15, -0.1) is 11.3 Å². The smallest absolute Gasteiger partial charge is 0.268 e. The summed E-state index contributed by atoms with van der Waals surface area (Å²) < 4.78 is 0. The third-order valence-corrected chi connectivity index (χ3v) is 5.24. The number of nitrogens with one attached hydrogen (secondary N) is 2. The summed E-state index contributed by atoms with van der Waals surface area (Å²) in [7, 11) is 0. The van der Waals surface area contributed by atoms with Crippen LogP contribution in [0.4, 0.5) is 0 Å². The number of carbonyl (C=O) groups excluding carboxylic acids is 1. The molecule has 0 spiro atoms. The van der Waals surface area contributed by atoms with Gasteiger partial charge in [0.25, 0.3) is 5.91 Å². The molecule has 3 rings (SSSR count). The van der Waals surface area contributed by atoms with Gasteiger partial charge in [0, 0.05) is 23.8 Å². The van der Waals surface area contributed by atoms with Gasteiger partial charge in [-0.3, -0.25) is 4.79 Å². The summed E-state index contributed by atoms with van der Waals surface area (Å²) in [4.78, 5) is 20.2. The third kappa shape index (κ3) is 3.88. The number of H-pyrrole nitrogens is 1. The molecule has 2 heterocycles. The van der Waals surface area contributed by atoms with Gasteiger partial charge in [-0.2, -0.15) is 0 Å². The van der Waals surface area contributed by atoms with E-state index in [0.717, 1.165) is 11.3 Å². The number of amides is 1. The number of benzene rings is 1. The second-order valence-corrected chi connectivity index (χ2v) is 7.11. The van der Waals surface area contributed by atoms with Crippen LogP contribution in [0.15, 0.2) is 36.4 Å². The minimum atomic E-state index is -0.513. The summed E-state index contributed by atoms with van der Waals surface area (Å²) in [6.07, 6.45) is 0. The SMILES string of the molecule is NCc1sc(C(CN)NC(=O)c2ccc(-c3ccc(Cl)cc3)[nH]2)nc1O. The molecule has 1 unspecified atom stereocenters. The van der Waals surface area contributed by atoms with E-state index in [1.165, 1.54) is 11.3 Å². The van der Waals surface area contributed by atoms with Crippen LogP contribution < -0.4 is 16.8 Å². The van der Waals surface area contributed by atoms with Crippen LogP contribution in [-0.4, -0.2) is 27.5 Å². The van der Waals surface area contributed by atoms with Gasteiger partial charge in [0.15, 0.2) is 0 Å². The minimum Gasteiger partial charge on any atom is -0.492 e. The van der Waals surface area contributed by atoms with Gasteiger partial charge in [0.05, 0.1) is 10.9 Å². The Bertz CT molecular complexity index is 906. The number of halogens is 1. The fourth-order valence-corrected chi connectivity index (χ4v) is 3.45. The van der Waals surface area contributed by atoms with Crippen LogP contribution in [-0.2, 0) is 6.54 Å². The fourth-order valence-electron chi connectivity index (χ4n) is 2.43. The second kappa shape index (κ2) is 7.88. The van der Waals surface area contributed by atoms with E-state index in [0.29, 0.717) is 20.6 Å². The number of aromatic hydroxyl groups is 1. The quantitative estimate of drug-likeness (QED) is 0.440. The first-order valence-electron chi connectivity index (χ1n) is 7.86. The highest BCUT2D eigenvalue weighted by Crippen LogP contribution is 2.28. The molecule has 0 fully saturated rings. The Labute approximate surface area is 159 Å². The van der Waals surface area contributed by atoms with E-state index < -0.39 is 6.04 Å². The first kappa shape index (κ1) is 18.4. The zero-order valence-corrected chi connectivity index (χ0v) is 15.3. The van der Waals surface area contributed by atoms with Crippen molar-refractivity contribution in [3.8, 4) is 17.1 Å². The zero-order chi connectivity index (χ0) is 18.7. The molecular weight excluding hydrogens is 374 g/mol. The molecule has 2 aromatic heterocycles. The monoisotopic (exact) mass is 391 g/mol. The number of nitrogens with zero attached hydrogens (tertiary/aromatic N) is 1. The maximum absolute atomic E-state index is 12.5. The lowest BCUT2D eigenvalue weighted by atomic mass is 10.2. The molecule has 26 heavy (non-hydrogen) atoms. The number of nitrogens with two attached hydrogens (primary N) is 2. The highest BCUT2D eigenvalue weighted by atomic mass is 35.5. The Morgan fingerprint density at radius 2 is 2.00 bits per heavy atom. The van der Waals surface area contributed by atoms with Crippen molar-refractivity contribution in [1.29, 1.82) is 0 Å². The summed E-state index contributed by atoms with van der Waals surface area (Å²) >= 11 is 7.12. The van der Waals surface area contributed by atoms with Crippen molar-refractivity contribution < 1.29 is 9.90 Å². The van der Waals surface area contributed by atoms with Crippen LogP contribution in [0, 0.1) is 0 Å². The Morgan fingerprint density at radius 3 is 2.62 bits per heavy atom. The molecule has 0 aliphatic rings. The molecule has 0 saturated heterocycles. The molecule has 0 aliphatic heterocycles.